The second-order valence-corrected chi connectivity index (χ2v) is 7.76. The fourth-order valence-corrected chi connectivity index (χ4v) is 3.51. The number of methoxy groups -OCH3 is 1. The van der Waals surface area contributed by atoms with Crippen LogP contribution in [-0.4, -0.2) is 64.3 Å². The summed E-state index contributed by atoms with van der Waals surface area (Å²) in [5.41, 5.74) is 0.623. The summed E-state index contributed by atoms with van der Waals surface area (Å²) < 4.78 is 16.5. The van der Waals surface area contributed by atoms with Gasteiger partial charge in [0, 0.05) is 5.02 Å². The summed E-state index contributed by atoms with van der Waals surface area (Å²) in [5.74, 6) is 1.06. The largest absolute Gasteiger partial charge is 0.497 e. The Balaban J connectivity index is 1.86. The van der Waals surface area contributed by atoms with Gasteiger partial charge in [-0.15, -0.1) is 0 Å². The van der Waals surface area contributed by atoms with Crippen LogP contribution in [0.5, 0.6) is 11.5 Å². The van der Waals surface area contributed by atoms with Crippen LogP contribution in [0.2, 0.25) is 5.02 Å². The summed E-state index contributed by atoms with van der Waals surface area (Å²) in [7, 11) is 1.57. The maximum atomic E-state index is 10.6. The Labute approximate surface area is 174 Å². The van der Waals surface area contributed by atoms with Crippen molar-refractivity contribution in [2.24, 2.45) is 0 Å². The highest BCUT2D eigenvalue weighted by atomic mass is 35.5. The van der Waals surface area contributed by atoms with Crippen LogP contribution in [0.4, 0.5) is 0 Å². The van der Waals surface area contributed by atoms with E-state index < -0.39 is 36.8 Å². The highest BCUT2D eigenvalue weighted by molar-refractivity contribution is 6.31. The van der Waals surface area contributed by atoms with Gasteiger partial charge in [0.1, 0.15) is 29.8 Å². The smallest absolute Gasteiger partial charge is 0.231 e. The molecule has 0 saturated carbocycles. The van der Waals surface area contributed by atoms with Crippen LogP contribution in [0.25, 0.3) is 11.1 Å². The van der Waals surface area contributed by atoms with E-state index in [9.17, 15) is 20.4 Å². The second kappa shape index (κ2) is 8.47. The molecule has 3 rings (SSSR count). The van der Waals surface area contributed by atoms with Gasteiger partial charge in [0.2, 0.25) is 6.29 Å². The zero-order valence-corrected chi connectivity index (χ0v) is 17.1. The predicted molar refractivity (Wildman–Crippen MR) is 107 cm³/mol. The number of halogens is 1. The van der Waals surface area contributed by atoms with Crippen LogP contribution in [0.1, 0.15) is 12.5 Å². The maximum absolute atomic E-state index is 10.6. The first kappa shape index (κ1) is 21.8. The van der Waals surface area contributed by atoms with Crippen LogP contribution >= 0.6 is 11.6 Å². The Morgan fingerprint density at radius 3 is 2.48 bits per heavy atom. The summed E-state index contributed by atoms with van der Waals surface area (Å²) >= 11 is 6.15. The Morgan fingerprint density at radius 1 is 1.14 bits per heavy atom. The molecule has 5 atom stereocenters. The lowest BCUT2D eigenvalue weighted by molar-refractivity contribution is -0.314. The van der Waals surface area contributed by atoms with E-state index in [2.05, 4.69) is 0 Å². The molecular weight excluding hydrogens is 400 g/mol. The third kappa shape index (κ3) is 4.35. The molecule has 1 aliphatic heterocycles. The highest BCUT2D eigenvalue weighted by Crippen LogP contribution is 2.35. The van der Waals surface area contributed by atoms with Crippen LogP contribution in [-0.2, 0) is 4.74 Å². The van der Waals surface area contributed by atoms with E-state index in [-0.39, 0.29) is 0 Å². The van der Waals surface area contributed by atoms with Crippen molar-refractivity contribution in [2.45, 2.75) is 44.1 Å². The normalized spacial score (nSPS) is 29.5. The quantitative estimate of drug-likeness (QED) is 0.580. The van der Waals surface area contributed by atoms with Gasteiger partial charge < -0.3 is 34.6 Å². The maximum Gasteiger partial charge on any atom is 0.231 e. The average molecular weight is 425 g/mol. The van der Waals surface area contributed by atoms with Gasteiger partial charge in [0.05, 0.1) is 13.7 Å². The minimum Gasteiger partial charge on any atom is -0.497 e. The zero-order chi connectivity index (χ0) is 21.3. The van der Waals surface area contributed by atoms with Crippen molar-refractivity contribution < 1.29 is 34.6 Å². The van der Waals surface area contributed by atoms with Crippen LogP contribution in [0, 0.1) is 6.92 Å². The topological polar surface area (TPSA) is 109 Å². The van der Waals surface area contributed by atoms with E-state index in [0.29, 0.717) is 16.5 Å². The number of aliphatic hydroxyl groups excluding tert-OH is 3. The van der Waals surface area contributed by atoms with Crippen molar-refractivity contribution >= 4 is 11.6 Å². The zero-order valence-electron chi connectivity index (χ0n) is 16.4. The van der Waals surface area contributed by atoms with E-state index in [1.807, 2.05) is 31.2 Å². The molecule has 0 aliphatic carbocycles. The molecule has 0 radical (unpaired) electrons. The Kier molecular flexibility index (Phi) is 6.38. The monoisotopic (exact) mass is 424 g/mol. The standard InChI is InChI=1S/C21H25ClO7/c1-11-6-12(13-7-14(22)9-15(8-13)27-3)4-5-16(11)28-20-21(2,26)19(25)18(24)17(10-23)29-20/h4-9,17-20,23-26H,10H2,1-3H3/t17?,18-,19?,20+,21+/m1/s1. The summed E-state index contributed by atoms with van der Waals surface area (Å²) in [6.07, 6.45) is -5.34. The van der Waals surface area contributed by atoms with Gasteiger partial charge >= 0.3 is 0 Å². The number of rotatable bonds is 5. The molecule has 0 spiro atoms. The molecule has 1 heterocycles. The molecule has 1 fully saturated rings. The van der Waals surface area contributed by atoms with Crippen molar-refractivity contribution in [3.63, 3.8) is 0 Å². The molecule has 1 aliphatic rings. The van der Waals surface area contributed by atoms with Crippen LogP contribution in [0.3, 0.4) is 0 Å². The van der Waals surface area contributed by atoms with Crippen molar-refractivity contribution in [3.8, 4) is 22.6 Å². The molecule has 8 heteroatoms. The molecule has 0 aromatic heterocycles. The van der Waals surface area contributed by atoms with Gasteiger partial charge in [-0.3, -0.25) is 0 Å². The number of ether oxygens (including phenoxy) is 3. The average Bonchev–Trinajstić information content (AvgIpc) is 2.69. The van der Waals surface area contributed by atoms with Gasteiger partial charge in [-0.1, -0.05) is 17.7 Å². The predicted octanol–water partition coefficient (Wildman–Crippen LogP) is 1.89. The molecule has 29 heavy (non-hydrogen) atoms. The van der Waals surface area contributed by atoms with Crippen LogP contribution in [0.15, 0.2) is 36.4 Å². The minimum atomic E-state index is -1.88. The number of benzene rings is 2. The van der Waals surface area contributed by atoms with Crippen LogP contribution < -0.4 is 9.47 Å². The van der Waals surface area contributed by atoms with Gasteiger partial charge in [0.15, 0.2) is 5.60 Å². The number of hydrogen-bond donors (Lipinski definition) is 4. The van der Waals surface area contributed by atoms with Crippen molar-refractivity contribution in [2.75, 3.05) is 13.7 Å². The lowest BCUT2D eigenvalue weighted by Gasteiger charge is -2.45. The number of aryl methyl sites for hydroxylation is 1. The minimum absolute atomic E-state index is 0.424. The summed E-state index contributed by atoms with van der Waals surface area (Å²) in [4.78, 5) is 0. The first-order valence-electron chi connectivity index (χ1n) is 9.14. The van der Waals surface area contributed by atoms with E-state index in [0.717, 1.165) is 16.7 Å². The molecule has 2 unspecified atom stereocenters. The van der Waals surface area contributed by atoms with Crippen molar-refractivity contribution in [1.82, 2.24) is 0 Å². The molecule has 4 N–H and O–H groups in total. The third-order valence-corrected chi connectivity index (χ3v) is 5.33. The van der Waals surface area contributed by atoms with Gasteiger partial charge in [-0.05, 0) is 60.9 Å². The summed E-state index contributed by atoms with van der Waals surface area (Å²) in [6.45, 7) is 2.61. The number of aliphatic hydroxyl groups is 4. The molecule has 158 valence electrons. The van der Waals surface area contributed by atoms with Crippen molar-refractivity contribution in [3.05, 3.63) is 47.0 Å². The second-order valence-electron chi connectivity index (χ2n) is 7.33. The summed E-state index contributed by atoms with van der Waals surface area (Å²) in [5, 5.41) is 40.7. The van der Waals surface area contributed by atoms with Gasteiger partial charge in [-0.2, -0.15) is 0 Å². The van der Waals surface area contributed by atoms with Gasteiger partial charge in [-0.25, -0.2) is 0 Å². The molecule has 0 bridgehead atoms. The SMILES string of the molecule is COc1cc(Cl)cc(-c2ccc(O[C@H]3OC(CO)[C@@H](O)C(O)[C@]3(C)O)c(C)c2)c1. The van der Waals surface area contributed by atoms with E-state index in [4.69, 9.17) is 25.8 Å². The highest BCUT2D eigenvalue weighted by Gasteiger charge is 2.53. The third-order valence-electron chi connectivity index (χ3n) is 5.11. The number of hydrogen-bond acceptors (Lipinski definition) is 7. The van der Waals surface area contributed by atoms with Gasteiger partial charge in [0.25, 0.3) is 0 Å². The van der Waals surface area contributed by atoms with E-state index in [1.54, 1.807) is 19.2 Å². The molecule has 2 aromatic rings. The Morgan fingerprint density at radius 2 is 1.86 bits per heavy atom. The Bertz CT molecular complexity index is 870. The summed E-state index contributed by atoms with van der Waals surface area (Å²) in [6, 6.07) is 10.8. The lowest BCUT2D eigenvalue weighted by atomic mass is 9.88. The van der Waals surface area contributed by atoms with E-state index >= 15 is 0 Å². The lowest BCUT2D eigenvalue weighted by Crippen LogP contribution is -2.66. The first-order valence-corrected chi connectivity index (χ1v) is 9.52. The first-order chi connectivity index (χ1) is 13.7. The molecule has 7 nitrogen and oxygen atoms in total. The van der Waals surface area contributed by atoms with E-state index in [1.165, 1.54) is 6.92 Å². The fourth-order valence-electron chi connectivity index (χ4n) is 3.29. The molecule has 2 aromatic carbocycles. The molecular formula is C21H25ClO7. The molecule has 0 amide bonds. The molecule has 1 saturated heterocycles. The Hall–Kier alpha value is -1.87. The van der Waals surface area contributed by atoms with Crippen molar-refractivity contribution in [1.29, 1.82) is 0 Å². The fraction of sp³-hybridized carbons (Fsp3) is 0.429.